The van der Waals surface area contributed by atoms with E-state index in [9.17, 15) is 0 Å². The molecule has 18 heavy (non-hydrogen) atoms. The van der Waals surface area contributed by atoms with E-state index >= 15 is 0 Å². The lowest BCUT2D eigenvalue weighted by Crippen LogP contribution is -2.39. The van der Waals surface area contributed by atoms with Crippen molar-refractivity contribution in [2.45, 2.75) is 32.2 Å². The molecule has 2 heterocycles. The third-order valence-corrected chi connectivity index (χ3v) is 3.94. The molecular formula is C13H21BrN4. The van der Waals surface area contributed by atoms with Gasteiger partial charge in [0, 0.05) is 19.1 Å². The molecule has 0 bridgehead atoms. The van der Waals surface area contributed by atoms with Crippen LogP contribution in [0.15, 0.2) is 16.7 Å². The van der Waals surface area contributed by atoms with Gasteiger partial charge in [-0.3, -0.25) is 0 Å². The normalized spacial score (nSPS) is 17.9. The van der Waals surface area contributed by atoms with Gasteiger partial charge in [0.05, 0.1) is 16.4 Å². The lowest BCUT2D eigenvalue weighted by molar-refractivity contribution is 0.219. The second-order valence-electron chi connectivity index (χ2n) is 4.86. The molecule has 1 fully saturated rings. The summed E-state index contributed by atoms with van der Waals surface area (Å²) in [7, 11) is 0. The lowest BCUT2D eigenvalue weighted by Gasteiger charge is -2.32. The summed E-state index contributed by atoms with van der Waals surface area (Å²) >= 11 is 3.50. The number of hydrogen-bond donors (Lipinski definition) is 2. The monoisotopic (exact) mass is 312 g/mol. The minimum Gasteiger partial charge on any atom is -0.397 e. The summed E-state index contributed by atoms with van der Waals surface area (Å²) in [4.78, 5) is 6.86. The number of pyridine rings is 1. The van der Waals surface area contributed by atoms with Gasteiger partial charge in [0.25, 0.3) is 0 Å². The first kappa shape index (κ1) is 13.6. The van der Waals surface area contributed by atoms with Crippen molar-refractivity contribution in [1.29, 1.82) is 0 Å². The highest BCUT2D eigenvalue weighted by atomic mass is 79.9. The molecule has 0 radical (unpaired) electrons. The predicted molar refractivity (Wildman–Crippen MR) is 79.7 cm³/mol. The molecule has 0 amide bonds. The van der Waals surface area contributed by atoms with Crippen LogP contribution in [0.1, 0.15) is 26.2 Å². The fourth-order valence-electron chi connectivity index (χ4n) is 2.37. The summed E-state index contributed by atoms with van der Waals surface area (Å²) in [6, 6.07) is 2.41. The lowest BCUT2D eigenvalue weighted by atomic mass is 10.0. The molecular weight excluding hydrogens is 292 g/mol. The average Bonchev–Trinajstić information content (AvgIpc) is 2.35. The number of halogens is 1. The van der Waals surface area contributed by atoms with Crippen LogP contribution < -0.4 is 11.1 Å². The topological polar surface area (TPSA) is 54.2 Å². The van der Waals surface area contributed by atoms with Crippen molar-refractivity contribution >= 4 is 27.4 Å². The SMILES string of the molecule is CCCN1CCC(Nc2ncc(N)cc2Br)CC1. The molecule has 0 aromatic carbocycles. The molecule has 100 valence electrons. The van der Waals surface area contributed by atoms with Gasteiger partial charge in [0.1, 0.15) is 5.82 Å². The Morgan fingerprint density at radius 2 is 2.22 bits per heavy atom. The van der Waals surface area contributed by atoms with Gasteiger partial charge in [0.15, 0.2) is 0 Å². The Balaban J connectivity index is 1.87. The average molecular weight is 313 g/mol. The summed E-state index contributed by atoms with van der Waals surface area (Å²) in [6.07, 6.45) is 5.29. The van der Waals surface area contributed by atoms with E-state index < -0.39 is 0 Å². The van der Waals surface area contributed by atoms with Gasteiger partial charge in [-0.15, -0.1) is 0 Å². The maximum Gasteiger partial charge on any atom is 0.140 e. The highest BCUT2D eigenvalue weighted by molar-refractivity contribution is 9.10. The van der Waals surface area contributed by atoms with Crippen LogP contribution in [0.4, 0.5) is 11.5 Å². The molecule has 1 aliphatic rings. The summed E-state index contributed by atoms with van der Waals surface area (Å²) in [5, 5.41) is 3.50. The standard InChI is InChI=1S/C13H21BrN4/c1-2-5-18-6-3-11(4-7-18)17-13-12(14)8-10(15)9-16-13/h8-9,11H,2-7,15H2,1H3,(H,16,17). The minimum absolute atomic E-state index is 0.519. The molecule has 1 aliphatic heterocycles. The Bertz CT molecular complexity index is 389. The smallest absolute Gasteiger partial charge is 0.140 e. The Kier molecular flexibility index (Phi) is 4.83. The number of nitrogens with two attached hydrogens (primary N) is 1. The number of anilines is 2. The molecule has 5 heteroatoms. The number of nitrogen functional groups attached to an aromatic ring is 1. The summed E-state index contributed by atoms with van der Waals surface area (Å²) in [6.45, 7) is 5.81. The molecule has 0 atom stereocenters. The summed E-state index contributed by atoms with van der Waals surface area (Å²) < 4.78 is 0.943. The van der Waals surface area contributed by atoms with E-state index in [4.69, 9.17) is 5.73 Å². The highest BCUT2D eigenvalue weighted by Gasteiger charge is 2.19. The third kappa shape index (κ3) is 3.59. The number of piperidine rings is 1. The van der Waals surface area contributed by atoms with E-state index in [1.54, 1.807) is 6.20 Å². The number of rotatable bonds is 4. The van der Waals surface area contributed by atoms with Crippen molar-refractivity contribution in [2.24, 2.45) is 0 Å². The second-order valence-corrected chi connectivity index (χ2v) is 5.71. The van der Waals surface area contributed by atoms with Crippen molar-refractivity contribution in [3.63, 3.8) is 0 Å². The first-order valence-corrected chi connectivity index (χ1v) is 7.38. The largest absolute Gasteiger partial charge is 0.397 e. The van der Waals surface area contributed by atoms with Gasteiger partial charge in [-0.1, -0.05) is 6.92 Å². The van der Waals surface area contributed by atoms with Crippen LogP contribution in [0.5, 0.6) is 0 Å². The van der Waals surface area contributed by atoms with Crippen molar-refractivity contribution in [2.75, 3.05) is 30.7 Å². The first-order valence-electron chi connectivity index (χ1n) is 6.59. The van der Waals surface area contributed by atoms with E-state index in [1.165, 1.54) is 38.9 Å². The van der Waals surface area contributed by atoms with Gasteiger partial charge in [-0.25, -0.2) is 4.98 Å². The van der Waals surface area contributed by atoms with Gasteiger partial charge in [0.2, 0.25) is 0 Å². The Hall–Kier alpha value is -0.810. The van der Waals surface area contributed by atoms with Gasteiger partial charge in [-0.2, -0.15) is 0 Å². The van der Waals surface area contributed by atoms with Gasteiger partial charge in [-0.05, 0) is 47.8 Å². The number of nitrogens with zero attached hydrogens (tertiary/aromatic N) is 2. The van der Waals surface area contributed by atoms with Gasteiger partial charge >= 0.3 is 0 Å². The summed E-state index contributed by atoms with van der Waals surface area (Å²) in [5.41, 5.74) is 6.37. The van der Waals surface area contributed by atoms with Crippen LogP contribution in [0, 0.1) is 0 Å². The molecule has 1 saturated heterocycles. The molecule has 4 nitrogen and oxygen atoms in total. The molecule has 0 saturated carbocycles. The van der Waals surface area contributed by atoms with Gasteiger partial charge < -0.3 is 16.0 Å². The van der Waals surface area contributed by atoms with E-state index in [-0.39, 0.29) is 0 Å². The Morgan fingerprint density at radius 3 is 2.83 bits per heavy atom. The number of aromatic nitrogens is 1. The van der Waals surface area contributed by atoms with Crippen molar-refractivity contribution < 1.29 is 0 Å². The zero-order valence-corrected chi connectivity index (χ0v) is 12.4. The van der Waals surface area contributed by atoms with E-state index in [2.05, 4.69) is 38.1 Å². The number of nitrogens with one attached hydrogen (secondary N) is 1. The summed E-state index contributed by atoms with van der Waals surface area (Å²) in [5.74, 6) is 0.901. The fourth-order valence-corrected chi connectivity index (χ4v) is 2.85. The highest BCUT2D eigenvalue weighted by Crippen LogP contribution is 2.24. The molecule has 0 aliphatic carbocycles. The molecule has 1 aromatic rings. The Morgan fingerprint density at radius 1 is 1.50 bits per heavy atom. The molecule has 1 aromatic heterocycles. The molecule has 0 unspecified atom stereocenters. The molecule has 2 rings (SSSR count). The zero-order valence-electron chi connectivity index (χ0n) is 10.8. The third-order valence-electron chi connectivity index (χ3n) is 3.33. The maximum atomic E-state index is 5.69. The van der Waals surface area contributed by atoms with E-state index in [0.717, 1.165) is 10.3 Å². The van der Waals surface area contributed by atoms with Crippen LogP contribution in [-0.4, -0.2) is 35.6 Å². The maximum absolute atomic E-state index is 5.69. The molecule has 3 N–H and O–H groups in total. The van der Waals surface area contributed by atoms with E-state index in [0.29, 0.717) is 11.7 Å². The van der Waals surface area contributed by atoms with Crippen LogP contribution >= 0.6 is 15.9 Å². The quantitative estimate of drug-likeness (QED) is 0.897. The van der Waals surface area contributed by atoms with Crippen LogP contribution in [0.3, 0.4) is 0 Å². The Labute approximate surface area is 117 Å². The van der Waals surface area contributed by atoms with Crippen LogP contribution in [0.2, 0.25) is 0 Å². The van der Waals surface area contributed by atoms with Crippen molar-refractivity contribution in [3.05, 3.63) is 16.7 Å². The van der Waals surface area contributed by atoms with Crippen molar-refractivity contribution in [1.82, 2.24) is 9.88 Å². The van der Waals surface area contributed by atoms with Crippen LogP contribution in [-0.2, 0) is 0 Å². The number of likely N-dealkylation sites (tertiary alicyclic amines) is 1. The number of hydrogen-bond acceptors (Lipinski definition) is 4. The van der Waals surface area contributed by atoms with Crippen LogP contribution in [0.25, 0.3) is 0 Å². The molecule has 0 spiro atoms. The predicted octanol–water partition coefficient (Wildman–Crippen LogP) is 2.71. The first-order chi connectivity index (χ1) is 8.69. The van der Waals surface area contributed by atoms with E-state index in [1.807, 2.05) is 6.07 Å². The zero-order chi connectivity index (χ0) is 13.0. The van der Waals surface area contributed by atoms with Crippen molar-refractivity contribution in [3.8, 4) is 0 Å². The second kappa shape index (κ2) is 6.38. The minimum atomic E-state index is 0.519. The fraction of sp³-hybridized carbons (Fsp3) is 0.615.